The quantitative estimate of drug-likeness (QED) is 0.907. The van der Waals surface area contributed by atoms with E-state index in [2.05, 4.69) is 16.5 Å². The zero-order valence-corrected chi connectivity index (χ0v) is 14.7. The Balaban J connectivity index is 1.69. The van der Waals surface area contributed by atoms with Gasteiger partial charge >= 0.3 is 0 Å². The van der Waals surface area contributed by atoms with Gasteiger partial charge in [0.05, 0.1) is 18.2 Å². The molecule has 7 heteroatoms. The largest absolute Gasteiger partial charge is 0.358 e. The number of hydrogen-bond donors (Lipinski definition) is 1. The van der Waals surface area contributed by atoms with Crippen molar-refractivity contribution in [1.29, 1.82) is 5.26 Å². The van der Waals surface area contributed by atoms with Gasteiger partial charge in [-0.3, -0.25) is 14.3 Å². The highest BCUT2D eigenvalue weighted by molar-refractivity contribution is 5.94. The third-order valence-corrected chi connectivity index (χ3v) is 4.57. The van der Waals surface area contributed by atoms with Crippen LogP contribution in [0.15, 0.2) is 36.7 Å². The Bertz CT molecular complexity index is 834. The molecule has 0 saturated carbocycles. The molecule has 2 heterocycles. The lowest BCUT2D eigenvalue weighted by Crippen LogP contribution is -2.39. The summed E-state index contributed by atoms with van der Waals surface area (Å²) in [5.41, 5.74) is 2.43. The van der Waals surface area contributed by atoms with Crippen molar-refractivity contribution in [3.63, 3.8) is 0 Å². The number of piperidine rings is 1. The number of rotatable bonds is 4. The van der Waals surface area contributed by atoms with Crippen molar-refractivity contribution in [2.45, 2.75) is 19.4 Å². The molecule has 134 valence electrons. The van der Waals surface area contributed by atoms with Crippen LogP contribution >= 0.6 is 0 Å². The molecule has 1 atom stereocenters. The monoisotopic (exact) mass is 351 g/mol. The summed E-state index contributed by atoms with van der Waals surface area (Å²) >= 11 is 0. The Hall–Kier alpha value is -3.14. The topological polar surface area (TPSA) is 91.0 Å². The molecule has 3 rings (SSSR count). The number of carbonyl (C=O) groups is 2. The molecule has 0 radical (unpaired) electrons. The average molecular weight is 351 g/mol. The van der Waals surface area contributed by atoms with Gasteiger partial charge in [-0.25, -0.2) is 0 Å². The van der Waals surface area contributed by atoms with Crippen LogP contribution in [0.5, 0.6) is 0 Å². The molecule has 0 unspecified atom stereocenters. The number of aromatic nitrogens is 2. The Morgan fingerprint density at radius 3 is 2.77 bits per heavy atom. The highest BCUT2D eigenvalue weighted by atomic mass is 16.2. The first-order chi connectivity index (χ1) is 12.6. The molecule has 0 bridgehead atoms. The summed E-state index contributed by atoms with van der Waals surface area (Å²) < 4.78 is 1.57. The van der Waals surface area contributed by atoms with Gasteiger partial charge in [-0.1, -0.05) is 12.1 Å². The van der Waals surface area contributed by atoms with Crippen LogP contribution in [0.3, 0.4) is 0 Å². The van der Waals surface area contributed by atoms with Crippen LogP contribution in [-0.2, 0) is 11.3 Å². The Morgan fingerprint density at radius 2 is 2.08 bits per heavy atom. The molecule has 7 nitrogen and oxygen atoms in total. The van der Waals surface area contributed by atoms with Gasteiger partial charge in [0.15, 0.2) is 0 Å². The number of likely N-dealkylation sites (N-methyl/N-ethyl adjacent to an activating group) is 1. The SMILES string of the molecule is CNC(=O)Cn1cc(-c2ccc(C(=O)N3CCC[C@@H](C#N)C3)cc2)cn1. The van der Waals surface area contributed by atoms with E-state index >= 15 is 0 Å². The predicted octanol–water partition coefficient (Wildman–Crippen LogP) is 1.67. The van der Waals surface area contributed by atoms with Gasteiger partial charge in [0, 0.05) is 37.5 Å². The maximum Gasteiger partial charge on any atom is 0.253 e. The Labute approximate surface area is 152 Å². The lowest BCUT2D eigenvalue weighted by Gasteiger charge is -2.29. The molecule has 1 aromatic heterocycles. The van der Waals surface area contributed by atoms with E-state index in [9.17, 15) is 9.59 Å². The first-order valence-electron chi connectivity index (χ1n) is 8.63. The zero-order chi connectivity index (χ0) is 18.5. The van der Waals surface area contributed by atoms with Crippen molar-refractivity contribution in [3.8, 4) is 17.2 Å². The standard InChI is InChI=1S/C19H21N5O2/c1-21-18(25)13-24-12-17(10-22-24)15-4-6-16(7-5-15)19(26)23-8-2-3-14(9-20)11-23/h4-7,10,12,14H,2-3,8,11,13H2,1H3,(H,21,25)/t14-/m0/s1. The van der Waals surface area contributed by atoms with E-state index < -0.39 is 0 Å². The third-order valence-electron chi connectivity index (χ3n) is 4.57. The number of amides is 2. The minimum Gasteiger partial charge on any atom is -0.358 e. The van der Waals surface area contributed by atoms with E-state index in [-0.39, 0.29) is 24.3 Å². The highest BCUT2D eigenvalue weighted by Gasteiger charge is 2.24. The first-order valence-corrected chi connectivity index (χ1v) is 8.63. The van der Waals surface area contributed by atoms with E-state index in [0.29, 0.717) is 18.7 Å². The smallest absolute Gasteiger partial charge is 0.253 e. The molecule has 1 aromatic carbocycles. The molecular formula is C19H21N5O2. The normalized spacial score (nSPS) is 16.8. The van der Waals surface area contributed by atoms with Gasteiger partial charge in [0.25, 0.3) is 5.91 Å². The number of likely N-dealkylation sites (tertiary alicyclic amines) is 1. The van der Waals surface area contributed by atoms with E-state index in [0.717, 1.165) is 24.0 Å². The molecule has 2 aromatic rings. The fraction of sp³-hybridized carbons (Fsp3) is 0.368. The molecule has 1 N–H and O–H groups in total. The maximum atomic E-state index is 12.6. The van der Waals surface area contributed by atoms with E-state index in [1.165, 1.54) is 0 Å². The second-order valence-corrected chi connectivity index (χ2v) is 6.40. The summed E-state index contributed by atoms with van der Waals surface area (Å²) in [6.07, 6.45) is 5.22. The van der Waals surface area contributed by atoms with Crippen molar-refractivity contribution in [2.75, 3.05) is 20.1 Å². The first kappa shape index (κ1) is 17.7. The van der Waals surface area contributed by atoms with E-state index in [4.69, 9.17) is 5.26 Å². The molecule has 1 aliphatic rings. The number of carbonyl (C=O) groups excluding carboxylic acids is 2. The second kappa shape index (κ2) is 7.83. The lowest BCUT2D eigenvalue weighted by atomic mass is 9.98. The summed E-state index contributed by atoms with van der Waals surface area (Å²) in [6, 6.07) is 9.60. The zero-order valence-electron chi connectivity index (χ0n) is 14.7. The van der Waals surface area contributed by atoms with Crippen molar-refractivity contribution in [1.82, 2.24) is 20.0 Å². The summed E-state index contributed by atoms with van der Waals surface area (Å²) in [5.74, 6) is -0.220. The van der Waals surface area contributed by atoms with Crippen LogP contribution in [0.2, 0.25) is 0 Å². The molecule has 0 spiro atoms. The summed E-state index contributed by atoms with van der Waals surface area (Å²) in [5, 5.41) is 15.8. The van der Waals surface area contributed by atoms with Crippen LogP contribution in [0.4, 0.5) is 0 Å². The molecule has 1 fully saturated rings. The van der Waals surface area contributed by atoms with Crippen LogP contribution in [-0.4, -0.2) is 46.6 Å². The molecule has 26 heavy (non-hydrogen) atoms. The predicted molar refractivity (Wildman–Crippen MR) is 96.0 cm³/mol. The highest BCUT2D eigenvalue weighted by Crippen LogP contribution is 2.22. The summed E-state index contributed by atoms with van der Waals surface area (Å²) in [6.45, 7) is 1.37. The third kappa shape index (κ3) is 3.91. The minimum absolute atomic E-state index is 0.0354. The molecule has 2 amide bonds. The van der Waals surface area contributed by atoms with Crippen LogP contribution in [0.1, 0.15) is 23.2 Å². The number of nitrogens with one attached hydrogen (secondary N) is 1. The second-order valence-electron chi connectivity index (χ2n) is 6.40. The molecule has 0 aliphatic carbocycles. The van der Waals surface area contributed by atoms with Crippen LogP contribution < -0.4 is 5.32 Å². The van der Waals surface area contributed by atoms with Gasteiger partial charge in [0.2, 0.25) is 5.91 Å². The van der Waals surface area contributed by atoms with Gasteiger partial charge in [-0.05, 0) is 30.5 Å². The average Bonchev–Trinajstić information content (AvgIpc) is 3.15. The molecule has 1 aliphatic heterocycles. The van der Waals surface area contributed by atoms with E-state index in [1.807, 2.05) is 12.1 Å². The van der Waals surface area contributed by atoms with Crippen molar-refractivity contribution >= 4 is 11.8 Å². The van der Waals surface area contributed by atoms with E-state index in [1.54, 1.807) is 41.2 Å². The molecular weight excluding hydrogens is 330 g/mol. The lowest BCUT2D eigenvalue weighted by molar-refractivity contribution is -0.121. The van der Waals surface area contributed by atoms with Crippen LogP contribution in [0, 0.1) is 17.2 Å². The number of benzene rings is 1. The maximum absolute atomic E-state index is 12.6. The van der Waals surface area contributed by atoms with Crippen molar-refractivity contribution in [3.05, 3.63) is 42.2 Å². The van der Waals surface area contributed by atoms with Gasteiger partial charge in [-0.2, -0.15) is 10.4 Å². The fourth-order valence-electron chi connectivity index (χ4n) is 3.08. The summed E-state index contributed by atoms with van der Waals surface area (Å²) in [4.78, 5) is 25.8. The summed E-state index contributed by atoms with van der Waals surface area (Å²) in [7, 11) is 1.59. The van der Waals surface area contributed by atoms with Crippen molar-refractivity contribution in [2.24, 2.45) is 5.92 Å². The van der Waals surface area contributed by atoms with Gasteiger partial charge in [-0.15, -0.1) is 0 Å². The molecule has 1 saturated heterocycles. The van der Waals surface area contributed by atoms with Crippen LogP contribution in [0.25, 0.3) is 11.1 Å². The Morgan fingerprint density at radius 1 is 1.31 bits per heavy atom. The van der Waals surface area contributed by atoms with Gasteiger partial charge < -0.3 is 10.2 Å². The number of nitrogens with zero attached hydrogens (tertiary/aromatic N) is 4. The number of nitriles is 1. The van der Waals surface area contributed by atoms with Gasteiger partial charge in [0.1, 0.15) is 6.54 Å². The fourth-order valence-corrected chi connectivity index (χ4v) is 3.08. The Kier molecular flexibility index (Phi) is 5.32. The number of hydrogen-bond acceptors (Lipinski definition) is 4. The minimum atomic E-state index is -0.113. The van der Waals surface area contributed by atoms with Crippen molar-refractivity contribution < 1.29 is 9.59 Å².